The topological polar surface area (TPSA) is 150 Å². The number of nitrogens with two attached hydrogens (primary N) is 1. The van der Waals surface area contributed by atoms with Gasteiger partial charge in [0, 0.05) is 45.6 Å². The summed E-state index contributed by atoms with van der Waals surface area (Å²) in [6.07, 6.45) is -0.826. The molecule has 15 heteroatoms. The Hall–Kier alpha value is -3.85. The number of furan rings is 1. The van der Waals surface area contributed by atoms with Crippen molar-refractivity contribution in [2.75, 3.05) is 41.8 Å². The third kappa shape index (κ3) is 6.88. The molecule has 2 aliphatic heterocycles. The number of aromatic nitrogens is 3. The van der Waals surface area contributed by atoms with Crippen molar-refractivity contribution in [3.8, 4) is 0 Å². The van der Waals surface area contributed by atoms with E-state index in [4.69, 9.17) is 19.6 Å². The average molecular weight is 608 g/mol. The number of carbonyl (C=O) groups is 2. The Labute approximate surface area is 246 Å². The van der Waals surface area contributed by atoms with Crippen LogP contribution in [-0.2, 0) is 16.5 Å². The van der Waals surface area contributed by atoms with Gasteiger partial charge in [0.25, 0.3) is 5.91 Å². The van der Waals surface area contributed by atoms with Gasteiger partial charge in [0.2, 0.25) is 5.88 Å². The van der Waals surface area contributed by atoms with Crippen molar-refractivity contribution in [3.05, 3.63) is 29.6 Å². The van der Waals surface area contributed by atoms with Crippen molar-refractivity contribution in [1.29, 1.82) is 0 Å². The number of piperidine rings is 1. The fraction of sp³-hybridized carbons (Fsp3) is 0.571. The molecule has 2 amide bonds. The average Bonchev–Trinajstić information content (AvgIpc) is 3.45. The number of nitrogens with one attached hydrogen (secondary N) is 2. The predicted molar refractivity (Wildman–Crippen MR) is 152 cm³/mol. The Morgan fingerprint density at radius 1 is 1.12 bits per heavy atom. The van der Waals surface area contributed by atoms with Crippen LogP contribution in [0.2, 0.25) is 0 Å². The van der Waals surface area contributed by atoms with E-state index in [0.29, 0.717) is 13.2 Å². The number of pyridine rings is 1. The molecule has 2 saturated heterocycles. The van der Waals surface area contributed by atoms with Gasteiger partial charge in [-0.3, -0.25) is 19.8 Å². The van der Waals surface area contributed by atoms with E-state index in [2.05, 4.69) is 20.7 Å². The highest BCUT2D eigenvalue weighted by molar-refractivity contribution is 6.16. The van der Waals surface area contributed by atoms with Crippen LogP contribution in [0.3, 0.4) is 0 Å². The molecule has 2 atom stereocenters. The third-order valence-corrected chi connectivity index (χ3v) is 7.49. The molecule has 0 unspecified atom stereocenters. The largest absolute Gasteiger partial charge is 0.444 e. The lowest BCUT2D eigenvalue weighted by Gasteiger charge is -2.38. The number of fused-ring (bicyclic) bond motifs is 1. The van der Waals surface area contributed by atoms with E-state index in [1.54, 1.807) is 40.1 Å². The van der Waals surface area contributed by atoms with Crippen LogP contribution in [0.1, 0.15) is 61.9 Å². The minimum absolute atomic E-state index is 0.0716. The van der Waals surface area contributed by atoms with E-state index in [-0.39, 0.29) is 59.5 Å². The van der Waals surface area contributed by atoms with Crippen LogP contribution >= 0.6 is 0 Å². The smallest absolute Gasteiger partial charge is 0.414 e. The lowest BCUT2D eigenvalue weighted by Crippen LogP contribution is -2.51. The summed E-state index contributed by atoms with van der Waals surface area (Å²) in [5, 5.41) is 9.42. The first-order valence-electron chi connectivity index (χ1n) is 14.1. The molecule has 0 radical (unpaired) electrons. The van der Waals surface area contributed by atoms with E-state index < -0.39 is 35.7 Å². The van der Waals surface area contributed by atoms with Gasteiger partial charge in [-0.1, -0.05) is 0 Å². The second kappa shape index (κ2) is 11.7. The molecule has 3 aromatic rings. The summed E-state index contributed by atoms with van der Waals surface area (Å²) in [5.74, 6) is -2.06. The number of amides is 2. The lowest BCUT2D eigenvalue weighted by molar-refractivity contribution is -0.177. The van der Waals surface area contributed by atoms with Crippen molar-refractivity contribution < 1.29 is 36.7 Å². The molecule has 0 aliphatic carbocycles. The van der Waals surface area contributed by atoms with Gasteiger partial charge in [0.1, 0.15) is 22.4 Å². The van der Waals surface area contributed by atoms with Crippen molar-refractivity contribution in [3.63, 3.8) is 0 Å². The number of nitrogens with zero attached hydrogens (tertiary/aromatic N) is 4. The number of hydrogen-bond donors (Lipinski definition) is 3. The van der Waals surface area contributed by atoms with Crippen LogP contribution in [0, 0.1) is 5.92 Å². The van der Waals surface area contributed by atoms with Gasteiger partial charge < -0.3 is 29.8 Å². The Balaban J connectivity index is 1.48. The second-order valence-electron chi connectivity index (χ2n) is 12.0. The Bertz CT molecular complexity index is 1490. The molecular weight excluding hydrogens is 571 g/mol. The van der Waals surface area contributed by atoms with Crippen molar-refractivity contribution in [1.82, 2.24) is 14.8 Å². The number of hydrogen-bond acceptors (Lipinski definition) is 9. The van der Waals surface area contributed by atoms with E-state index >= 15 is 0 Å². The minimum Gasteiger partial charge on any atom is -0.444 e. The third-order valence-electron chi connectivity index (χ3n) is 7.49. The highest BCUT2D eigenvalue weighted by Gasteiger charge is 2.44. The van der Waals surface area contributed by atoms with E-state index in [1.807, 2.05) is 0 Å². The first-order chi connectivity index (χ1) is 20.2. The number of aryl methyl sites for hydroxylation is 1. The van der Waals surface area contributed by atoms with Gasteiger partial charge in [-0.15, -0.1) is 0 Å². The van der Waals surface area contributed by atoms with Crippen molar-refractivity contribution in [2.45, 2.75) is 63.8 Å². The summed E-state index contributed by atoms with van der Waals surface area (Å²) >= 11 is 0. The Morgan fingerprint density at radius 3 is 2.51 bits per heavy atom. The SMILES string of the molecule is Cn1ncc(NC(=O)c2c(NC(=O)OC(C)(C)C)oc3cc(C4CCOCC4)cnc23)c1N1C[C@@H](N)C[C@@H](C(F)(F)F)C1. The van der Waals surface area contributed by atoms with Crippen LogP contribution in [0.5, 0.6) is 0 Å². The summed E-state index contributed by atoms with van der Waals surface area (Å²) in [5.41, 5.74) is 6.66. The normalized spacial score (nSPS) is 20.3. The first-order valence-corrected chi connectivity index (χ1v) is 14.1. The van der Waals surface area contributed by atoms with Gasteiger partial charge >= 0.3 is 12.3 Å². The van der Waals surface area contributed by atoms with Gasteiger partial charge in [-0.2, -0.15) is 18.3 Å². The number of carbonyl (C=O) groups excluding carboxylic acids is 2. The fourth-order valence-corrected chi connectivity index (χ4v) is 5.57. The zero-order valence-electron chi connectivity index (χ0n) is 24.5. The Kier molecular flexibility index (Phi) is 8.31. The summed E-state index contributed by atoms with van der Waals surface area (Å²) in [7, 11) is 1.57. The molecular formula is C28H36F3N7O5. The van der Waals surface area contributed by atoms with Crippen LogP contribution in [0.4, 0.5) is 35.4 Å². The quantitative estimate of drug-likeness (QED) is 0.373. The van der Waals surface area contributed by atoms with E-state index in [9.17, 15) is 22.8 Å². The predicted octanol–water partition coefficient (Wildman–Crippen LogP) is 4.77. The Morgan fingerprint density at radius 2 is 1.84 bits per heavy atom. The molecule has 5 heterocycles. The molecule has 43 heavy (non-hydrogen) atoms. The fourth-order valence-electron chi connectivity index (χ4n) is 5.57. The molecule has 12 nitrogen and oxygen atoms in total. The lowest BCUT2D eigenvalue weighted by atomic mass is 9.93. The van der Waals surface area contributed by atoms with E-state index in [0.717, 1.165) is 18.4 Å². The number of rotatable bonds is 5. The molecule has 0 aromatic carbocycles. The number of alkyl halides is 3. The van der Waals surface area contributed by atoms with Gasteiger partial charge in [0.05, 0.1) is 12.1 Å². The highest BCUT2D eigenvalue weighted by Crippen LogP contribution is 2.38. The van der Waals surface area contributed by atoms with Gasteiger partial charge in [-0.25, -0.2) is 4.79 Å². The maximum absolute atomic E-state index is 13.8. The summed E-state index contributed by atoms with van der Waals surface area (Å²) in [6.45, 7) is 6.14. The zero-order chi connectivity index (χ0) is 31.1. The zero-order valence-corrected chi connectivity index (χ0v) is 24.5. The van der Waals surface area contributed by atoms with Crippen LogP contribution in [0.15, 0.2) is 22.9 Å². The monoisotopic (exact) mass is 607 g/mol. The number of halogens is 3. The molecule has 0 saturated carbocycles. The molecule has 2 fully saturated rings. The molecule has 5 rings (SSSR count). The van der Waals surface area contributed by atoms with Gasteiger partial charge in [0.15, 0.2) is 11.4 Å². The molecule has 2 aliphatic rings. The number of ether oxygens (including phenoxy) is 2. The van der Waals surface area contributed by atoms with Crippen LogP contribution in [0.25, 0.3) is 11.1 Å². The van der Waals surface area contributed by atoms with Crippen LogP contribution in [-0.4, -0.2) is 70.9 Å². The summed E-state index contributed by atoms with van der Waals surface area (Å²) in [6, 6.07) is 1.06. The molecule has 0 bridgehead atoms. The van der Waals surface area contributed by atoms with Crippen molar-refractivity contribution in [2.24, 2.45) is 18.7 Å². The second-order valence-corrected chi connectivity index (χ2v) is 12.0. The molecule has 0 spiro atoms. The molecule has 4 N–H and O–H groups in total. The summed E-state index contributed by atoms with van der Waals surface area (Å²) in [4.78, 5) is 32.5. The highest BCUT2D eigenvalue weighted by atomic mass is 19.4. The standard InChI is InChI=1S/C28H36F3N7O5/c1-27(2,3)43-26(40)36-24-21(22-20(42-24)9-16(11-33-22)15-5-7-41-8-6-15)23(39)35-19-12-34-37(4)25(19)38-13-17(28(29,30)31)10-18(32)14-38/h9,11-12,15,17-18H,5-8,10,13-14,32H2,1-4H3,(H,35,39)(H,36,40)/t17-,18+/m1/s1. The molecule has 234 valence electrons. The van der Waals surface area contributed by atoms with Crippen LogP contribution < -0.4 is 21.3 Å². The summed E-state index contributed by atoms with van der Waals surface area (Å²) < 4.78 is 59.0. The number of anilines is 3. The maximum Gasteiger partial charge on any atom is 0.414 e. The minimum atomic E-state index is -4.43. The van der Waals surface area contributed by atoms with Crippen molar-refractivity contribution >= 4 is 40.5 Å². The molecule has 3 aromatic heterocycles. The van der Waals surface area contributed by atoms with Gasteiger partial charge in [-0.05, 0) is 57.6 Å². The maximum atomic E-state index is 13.8. The first kappa shape index (κ1) is 30.6. The van der Waals surface area contributed by atoms with E-state index in [1.165, 1.54) is 15.8 Å².